The Hall–Kier alpha value is -2.53. The number of amides is 1. The lowest BCUT2D eigenvalue weighted by Gasteiger charge is -2.27. The average Bonchev–Trinajstić information content (AvgIpc) is 3.24. The molecule has 1 aromatic carbocycles. The fourth-order valence-electron chi connectivity index (χ4n) is 2.86. The predicted molar refractivity (Wildman–Crippen MR) is 115 cm³/mol. The molecule has 0 aliphatic rings. The van der Waals surface area contributed by atoms with Crippen LogP contribution in [0.25, 0.3) is 0 Å². The van der Waals surface area contributed by atoms with Crippen LogP contribution < -0.4 is 15.4 Å². The van der Waals surface area contributed by atoms with Crippen LogP contribution in [0.4, 0.5) is 0 Å². The lowest BCUT2D eigenvalue weighted by atomic mass is 10.0. The summed E-state index contributed by atoms with van der Waals surface area (Å²) in [6.07, 6.45) is 2.42. The molecule has 1 heterocycles. The summed E-state index contributed by atoms with van der Waals surface area (Å²) in [6.45, 7) is 4.33. The molecule has 3 N–H and O–H groups in total. The summed E-state index contributed by atoms with van der Waals surface area (Å²) in [4.78, 5) is 12.7. The summed E-state index contributed by atoms with van der Waals surface area (Å²) in [6, 6.07) is 7.47. The van der Waals surface area contributed by atoms with Crippen LogP contribution >= 0.6 is 0 Å². The van der Waals surface area contributed by atoms with E-state index < -0.39 is 5.54 Å². The van der Waals surface area contributed by atoms with Gasteiger partial charge in [0.05, 0.1) is 45.8 Å². The lowest BCUT2D eigenvalue weighted by molar-refractivity contribution is -0.128. The van der Waals surface area contributed by atoms with E-state index in [4.69, 9.17) is 14.2 Å². The number of carbonyl (C=O) groups is 1. The fraction of sp³-hybridized carbons (Fsp3) is 0.571. The van der Waals surface area contributed by atoms with Gasteiger partial charge in [-0.25, -0.2) is 4.68 Å². The van der Waals surface area contributed by atoms with Crippen LogP contribution in [0.1, 0.15) is 18.2 Å². The first-order valence-corrected chi connectivity index (χ1v) is 10.2. The maximum absolute atomic E-state index is 12.7. The number of para-hydroxylation sites is 1. The first-order valence-electron chi connectivity index (χ1n) is 10.2. The number of aliphatic hydroxyl groups excluding tert-OH is 1. The molecule has 0 fully saturated rings. The Balaban J connectivity index is 1.77. The molecule has 1 amide bonds. The molecule has 0 unspecified atom stereocenters. The number of carbonyl (C=O) groups excluding carboxylic acids is 1. The van der Waals surface area contributed by atoms with E-state index in [2.05, 4.69) is 20.9 Å². The van der Waals surface area contributed by atoms with Crippen molar-refractivity contribution >= 4 is 5.91 Å². The average molecular weight is 436 g/mol. The van der Waals surface area contributed by atoms with Crippen LogP contribution in [0.3, 0.4) is 0 Å². The van der Waals surface area contributed by atoms with Gasteiger partial charge in [0.15, 0.2) is 0 Å². The maximum Gasteiger partial charge on any atom is 0.242 e. The predicted octanol–water partition coefficient (Wildman–Crippen LogP) is 0.149. The van der Waals surface area contributed by atoms with E-state index in [-0.39, 0.29) is 12.5 Å². The van der Waals surface area contributed by atoms with E-state index in [1.165, 1.54) is 0 Å². The van der Waals surface area contributed by atoms with Crippen LogP contribution in [-0.4, -0.2) is 78.7 Å². The number of aliphatic hydroxyl groups is 1. The largest absolute Gasteiger partial charge is 0.496 e. The monoisotopic (exact) mass is 435 g/mol. The Morgan fingerprint density at radius 3 is 2.77 bits per heavy atom. The highest BCUT2D eigenvalue weighted by molar-refractivity contribution is 5.86. The van der Waals surface area contributed by atoms with Gasteiger partial charge in [-0.15, -0.1) is 5.10 Å². The molecule has 172 valence electrons. The first kappa shape index (κ1) is 24.7. The number of rotatable bonds is 15. The zero-order valence-corrected chi connectivity index (χ0v) is 18.5. The third-order valence-electron chi connectivity index (χ3n) is 4.83. The number of methoxy groups -OCH3 is 2. The van der Waals surface area contributed by atoms with Gasteiger partial charge >= 0.3 is 0 Å². The minimum atomic E-state index is -1.12. The number of nitrogens with zero attached hydrogens (tertiary/aromatic N) is 3. The molecule has 0 aliphatic heterocycles. The summed E-state index contributed by atoms with van der Waals surface area (Å²) in [5.74, 6) is 0.409. The number of benzene rings is 1. The maximum atomic E-state index is 12.7. The Bertz CT molecular complexity index is 800. The van der Waals surface area contributed by atoms with E-state index in [0.29, 0.717) is 51.6 Å². The minimum absolute atomic E-state index is 0.294. The Morgan fingerprint density at radius 2 is 2.03 bits per heavy atom. The zero-order valence-electron chi connectivity index (χ0n) is 18.5. The third-order valence-corrected chi connectivity index (χ3v) is 4.83. The molecule has 0 saturated heterocycles. The minimum Gasteiger partial charge on any atom is -0.496 e. The van der Waals surface area contributed by atoms with Crippen molar-refractivity contribution in [1.29, 1.82) is 0 Å². The molecule has 31 heavy (non-hydrogen) atoms. The van der Waals surface area contributed by atoms with E-state index in [0.717, 1.165) is 11.3 Å². The van der Waals surface area contributed by atoms with Crippen LogP contribution in [0.5, 0.6) is 5.75 Å². The van der Waals surface area contributed by atoms with E-state index in [9.17, 15) is 9.90 Å². The Labute approximate surface area is 182 Å². The van der Waals surface area contributed by atoms with Gasteiger partial charge in [0.2, 0.25) is 5.91 Å². The van der Waals surface area contributed by atoms with Gasteiger partial charge in [0.1, 0.15) is 11.3 Å². The summed E-state index contributed by atoms with van der Waals surface area (Å²) in [5.41, 5.74) is 0.535. The van der Waals surface area contributed by atoms with Gasteiger partial charge in [-0.3, -0.25) is 4.79 Å². The van der Waals surface area contributed by atoms with Crippen LogP contribution in [-0.2, 0) is 33.8 Å². The van der Waals surface area contributed by atoms with Crippen molar-refractivity contribution in [3.8, 4) is 5.75 Å². The van der Waals surface area contributed by atoms with Gasteiger partial charge in [0, 0.05) is 38.4 Å². The Morgan fingerprint density at radius 1 is 1.23 bits per heavy atom. The molecule has 2 rings (SSSR count). The number of nitrogens with one attached hydrogen (secondary N) is 2. The second kappa shape index (κ2) is 13.0. The molecule has 0 radical (unpaired) electrons. The van der Waals surface area contributed by atoms with Crippen LogP contribution in [0.15, 0.2) is 30.5 Å². The molecular formula is C21H33N5O5. The normalized spacial score (nSPS) is 13.0. The highest BCUT2D eigenvalue weighted by atomic mass is 16.5. The number of aromatic nitrogens is 3. The zero-order chi connectivity index (χ0) is 22.5. The van der Waals surface area contributed by atoms with Crippen molar-refractivity contribution in [2.45, 2.75) is 32.0 Å². The SMILES string of the molecule is COCCOCCn1cc(CCN[C@](C)(CO)C(=O)NCc2ccccc2OC)nn1. The van der Waals surface area contributed by atoms with Crippen molar-refractivity contribution < 1.29 is 24.1 Å². The molecule has 0 aliphatic carbocycles. The molecule has 1 atom stereocenters. The van der Waals surface area contributed by atoms with Gasteiger partial charge < -0.3 is 30.0 Å². The lowest BCUT2D eigenvalue weighted by Crippen LogP contribution is -2.57. The number of hydrogen-bond acceptors (Lipinski definition) is 8. The second-order valence-electron chi connectivity index (χ2n) is 7.24. The Kier molecular flexibility index (Phi) is 10.4. The number of hydrogen-bond donors (Lipinski definition) is 3. The third kappa shape index (κ3) is 7.91. The molecule has 10 heteroatoms. The van der Waals surface area contributed by atoms with Crippen molar-refractivity contribution in [1.82, 2.24) is 25.6 Å². The number of ether oxygens (including phenoxy) is 3. The summed E-state index contributed by atoms with van der Waals surface area (Å²) in [5, 5.41) is 24.0. The van der Waals surface area contributed by atoms with Crippen LogP contribution in [0.2, 0.25) is 0 Å². The molecule has 1 aromatic heterocycles. The van der Waals surface area contributed by atoms with Crippen molar-refractivity contribution in [3.05, 3.63) is 41.7 Å². The summed E-state index contributed by atoms with van der Waals surface area (Å²) in [7, 11) is 3.22. The second-order valence-corrected chi connectivity index (χ2v) is 7.24. The quantitative estimate of drug-likeness (QED) is 0.338. The van der Waals surface area contributed by atoms with Gasteiger partial charge in [-0.1, -0.05) is 23.4 Å². The molecule has 0 bridgehead atoms. The smallest absolute Gasteiger partial charge is 0.242 e. The summed E-state index contributed by atoms with van der Waals surface area (Å²) >= 11 is 0. The van der Waals surface area contributed by atoms with E-state index in [1.54, 1.807) is 25.8 Å². The van der Waals surface area contributed by atoms with Crippen molar-refractivity contribution in [2.75, 3.05) is 47.2 Å². The molecule has 10 nitrogen and oxygen atoms in total. The molecule has 0 saturated carbocycles. The van der Waals surface area contributed by atoms with Crippen LogP contribution in [0, 0.1) is 0 Å². The van der Waals surface area contributed by atoms with Gasteiger partial charge in [-0.2, -0.15) is 0 Å². The highest BCUT2D eigenvalue weighted by Crippen LogP contribution is 2.17. The van der Waals surface area contributed by atoms with Crippen molar-refractivity contribution in [2.24, 2.45) is 0 Å². The fourth-order valence-corrected chi connectivity index (χ4v) is 2.86. The molecule has 2 aromatic rings. The highest BCUT2D eigenvalue weighted by Gasteiger charge is 2.31. The van der Waals surface area contributed by atoms with Gasteiger partial charge in [0.25, 0.3) is 0 Å². The van der Waals surface area contributed by atoms with Crippen molar-refractivity contribution in [3.63, 3.8) is 0 Å². The van der Waals surface area contributed by atoms with E-state index >= 15 is 0 Å². The molecular weight excluding hydrogens is 402 g/mol. The topological polar surface area (TPSA) is 120 Å². The summed E-state index contributed by atoms with van der Waals surface area (Å²) < 4.78 is 17.4. The first-order chi connectivity index (χ1) is 15.0. The van der Waals surface area contributed by atoms with Gasteiger partial charge in [-0.05, 0) is 13.0 Å². The molecule has 0 spiro atoms. The standard InChI is InChI=1S/C21H33N5O5/c1-21(16-27,20(28)22-14-17-6-4-5-7-19(17)30-3)23-9-8-18-15-26(25-24-18)10-11-31-13-12-29-2/h4-7,15,23,27H,8-14,16H2,1-3H3,(H,22,28)/t21-/m1/s1. The van der Waals surface area contributed by atoms with E-state index in [1.807, 2.05) is 30.5 Å².